The Morgan fingerprint density at radius 2 is 1.71 bits per heavy atom. The number of hydrogen-bond acceptors (Lipinski definition) is 5. The molecule has 8 nitrogen and oxygen atoms in total. The SMILES string of the molecule is CN(c1ccccc1)S(=O)(=O)c1ccc(C(=O)N2CCc3cc([N+](=O)[O-])ccc32)cc1. The van der Waals surface area contributed by atoms with E-state index in [1.807, 2.05) is 0 Å². The first kappa shape index (κ1) is 20.5. The number of carbonyl (C=O) groups is 1. The Bertz CT molecular complexity index is 1260. The Morgan fingerprint density at radius 1 is 1.03 bits per heavy atom. The van der Waals surface area contributed by atoms with Gasteiger partial charge in [-0.3, -0.25) is 19.2 Å². The number of carbonyl (C=O) groups excluding carboxylic acids is 1. The molecular formula is C22H19N3O5S. The van der Waals surface area contributed by atoms with E-state index in [2.05, 4.69) is 0 Å². The molecule has 1 aliphatic rings. The minimum Gasteiger partial charge on any atom is -0.308 e. The number of anilines is 2. The van der Waals surface area contributed by atoms with Crippen LogP contribution in [0.5, 0.6) is 0 Å². The first-order valence-corrected chi connectivity index (χ1v) is 11.0. The molecule has 0 bridgehead atoms. The molecule has 31 heavy (non-hydrogen) atoms. The van der Waals surface area contributed by atoms with Crippen molar-refractivity contribution in [3.05, 3.63) is 94.0 Å². The first-order chi connectivity index (χ1) is 14.8. The predicted octanol–water partition coefficient (Wildman–Crippen LogP) is 3.62. The molecule has 0 saturated carbocycles. The normalized spacial score (nSPS) is 13.0. The molecule has 0 fully saturated rings. The van der Waals surface area contributed by atoms with Gasteiger partial charge in [0.2, 0.25) is 0 Å². The van der Waals surface area contributed by atoms with Gasteiger partial charge in [0, 0.05) is 37.0 Å². The second-order valence-electron chi connectivity index (χ2n) is 7.11. The van der Waals surface area contributed by atoms with Crippen LogP contribution in [0.2, 0.25) is 0 Å². The molecule has 0 spiro atoms. The van der Waals surface area contributed by atoms with Crippen molar-refractivity contribution in [1.82, 2.24) is 0 Å². The van der Waals surface area contributed by atoms with E-state index < -0.39 is 14.9 Å². The Hall–Kier alpha value is -3.72. The van der Waals surface area contributed by atoms with Gasteiger partial charge in [-0.15, -0.1) is 0 Å². The minimum atomic E-state index is -3.77. The highest BCUT2D eigenvalue weighted by Gasteiger charge is 2.28. The lowest BCUT2D eigenvalue weighted by molar-refractivity contribution is -0.384. The maximum Gasteiger partial charge on any atom is 0.269 e. The van der Waals surface area contributed by atoms with Gasteiger partial charge in [-0.1, -0.05) is 18.2 Å². The number of nitrogens with zero attached hydrogens (tertiary/aromatic N) is 3. The van der Waals surface area contributed by atoms with Gasteiger partial charge in [0.05, 0.1) is 15.5 Å². The molecule has 1 amide bonds. The van der Waals surface area contributed by atoms with E-state index in [-0.39, 0.29) is 16.5 Å². The van der Waals surface area contributed by atoms with Gasteiger partial charge in [-0.2, -0.15) is 0 Å². The summed E-state index contributed by atoms with van der Waals surface area (Å²) < 4.78 is 27.0. The molecule has 0 unspecified atom stereocenters. The Morgan fingerprint density at radius 3 is 2.35 bits per heavy atom. The van der Waals surface area contributed by atoms with Crippen molar-refractivity contribution in [1.29, 1.82) is 0 Å². The molecule has 0 radical (unpaired) electrons. The third-order valence-electron chi connectivity index (χ3n) is 5.29. The molecule has 0 N–H and O–H groups in total. The van der Waals surface area contributed by atoms with Gasteiger partial charge < -0.3 is 4.90 Å². The van der Waals surface area contributed by atoms with Crippen LogP contribution >= 0.6 is 0 Å². The van der Waals surface area contributed by atoms with Crippen molar-refractivity contribution in [3.63, 3.8) is 0 Å². The number of amides is 1. The third kappa shape index (κ3) is 3.75. The number of non-ortho nitro benzene ring substituents is 1. The highest BCUT2D eigenvalue weighted by Crippen LogP contribution is 2.32. The van der Waals surface area contributed by atoms with E-state index in [1.54, 1.807) is 41.3 Å². The van der Waals surface area contributed by atoms with Crippen LogP contribution in [0.25, 0.3) is 0 Å². The van der Waals surface area contributed by atoms with Crippen molar-refractivity contribution in [2.75, 3.05) is 22.8 Å². The smallest absolute Gasteiger partial charge is 0.269 e. The van der Waals surface area contributed by atoms with Crippen molar-refractivity contribution in [2.45, 2.75) is 11.3 Å². The zero-order valence-corrected chi connectivity index (χ0v) is 17.5. The molecule has 3 aromatic carbocycles. The summed E-state index contributed by atoms with van der Waals surface area (Å²) in [5, 5.41) is 11.0. The van der Waals surface area contributed by atoms with Gasteiger partial charge in [-0.25, -0.2) is 8.42 Å². The molecule has 0 aliphatic carbocycles. The summed E-state index contributed by atoms with van der Waals surface area (Å²) in [6, 6.07) is 18.9. The fourth-order valence-electron chi connectivity index (χ4n) is 3.57. The van der Waals surface area contributed by atoms with Crippen LogP contribution in [-0.2, 0) is 16.4 Å². The van der Waals surface area contributed by atoms with E-state index in [1.165, 1.54) is 47.8 Å². The lowest BCUT2D eigenvalue weighted by Gasteiger charge is -2.20. The topological polar surface area (TPSA) is 101 Å². The van der Waals surface area contributed by atoms with Crippen molar-refractivity contribution >= 4 is 33.0 Å². The number of rotatable bonds is 5. The quantitative estimate of drug-likeness (QED) is 0.448. The fourth-order valence-corrected chi connectivity index (χ4v) is 4.77. The highest BCUT2D eigenvalue weighted by molar-refractivity contribution is 7.92. The highest BCUT2D eigenvalue weighted by atomic mass is 32.2. The van der Waals surface area contributed by atoms with E-state index in [0.717, 1.165) is 5.56 Å². The maximum atomic E-state index is 13.0. The van der Waals surface area contributed by atoms with Gasteiger partial charge in [0.25, 0.3) is 21.6 Å². The number of sulfonamides is 1. The average Bonchev–Trinajstić information content (AvgIpc) is 3.22. The van der Waals surface area contributed by atoms with E-state index in [9.17, 15) is 23.3 Å². The van der Waals surface area contributed by atoms with Gasteiger partial charge in [0.1, 0.15) is 0 Å². The number of benzene rings is 3. The zero-order valence-electron chi connectivity index (χ0n) is 16.6. The lowest BCUT2D eigenvalue weighted by atomic mass is 10.1. The predicted molar refractivity (Wildman–Crippen MR) is 117 cm³/mol. The minimum absolute atomic E-state index is 0.00913. The molecule has 1 aliphatic heterocycles. The largest absolute Gasteiger partial charge is 0.308 e. The van der Waals surface area contributed by atoms with Gasteiger partial charge in [0.15, 0.2) is 0 Å². The summed E-state index contributed by atoms with van der Waals surface area (Å²) in [6.07, 6.45) is 0.525. The van der Waals surface area contributed by atoms with E-state index in [0.29, 0.717) is 29.9 Å². The second kappa shape index (κ2) is 7.84. The molecule has 158 valence electrons. The summed E-state index contributed by atoms with van der Waals surface area (Å²) >= 11 is 0. The third-order valence-corrected chi connectivity index (χ3v) is 7.09. The van der Waals surface area contributed by atoms with Crippen LogP contribution in [-0.4, -0.2) is 32.8 Å². The summed E-state index contributed by atoms with van der Waals surface area (Å²) in [4.78, 5) is 25.1. The Balaban J connectivity index is 1.57. The standard InChI is InChI=1S/C22H19N3O5S/c1-23(18-5-3-2-4-6-18)31(29,30)20-10-7-16(8-11-20)22(26)24-14-13-17-15-19(25(27)28)9-12-21(17)24/h2-12,15H,13-14H2,1H3. The Kier molecular flexibility index (Phi) is 5.20. The summed E-state index contributed by atoms with van der Waals surface area (Å²) in [5.41, 5.74) is 2.24. The lowest BCUT2D eigenvalue weighted by Crippen LogP contribution is -2.29. The second-order valence-corrected chi connectivity index (χ2v) is 9.08. The van der Waals surface area contributed by atoms with Crippen LogP contribution in [0.3, 0.4) is 0 Å². The number of nitro benzene ring substituents is 1. The fraction of sp³-hybridized carbons (Fsp3) is 0.136. The van der Waals surface area contributed by atoms with E-state index in [4.69, 9.17) is 0 Å². The van der Waals surface area contributed by atoms with Crippen molar-refractivity contribution < 1.29 is 18.1 Å². The van der Waals surface area contributed by atoms with Crippen LogP contribution in [0.4, 0.5) is 17.1 Å². The Labute approximate surface area is 179 Å². The monoisotopic (exact) mass is 437 g/mol. The molecule has 1 heterocycles. The first-order valence-electron chi connectivity index (χ1n) is 9.52. The molecule has 0 saturated heterocycles. The summed E-state index contributed by atoms with van der Waals surface area (Å²) in [6.45, 7) is 0.409. The van der Waals surface area contributed by atoms with E-state index >= 15 is 0 Å². The van der Waals surface area contributed by atoms with Gasteiger partial charge in [-0.05, 0) is 54.4 Å². The average molecular weight is 437 g/mol. The number of hydrogen-bond donors (Lipinski definition) is 0. The maximum absolute atomic E-state index is 13.0. The van der Waals surface area contributed by atoms with Gasteiger partial charge >= 0.3 is 0 Å². The van der Waals surface area contributed by atoms with Crippen LogP contribution in [0.1, 0.15) is 15.9 Å². The summed E-state index contributed by atoms with van der Waals surface area (Å²) in [7, 11) is -2.29. The number of nitro groups is 1. The van der Waals surface area contributed by atoms with Crippen LogP contribution in [0, 0.1) is 10.1 Å². The van der Waals surface area contributed by atoms with Crippen molar-refractivity contribution in [2.24, 2.45) is 0 Å². The van der Waals surface area contributed by atoms with Crippen LogP contribution in [0.15, 0.2) is 77.7 Å². The zero-order chi connectivity index (χ0) is 22.2. The molecule has 0 aromatic heterocycles. The molecule has 0 atom stereocenters. The van der Waals surface area contributed by atoms with Crippen molar-refractivity contribution in [3.8, 4) is 0 Å². The molecule has 3 aromatic rings. The summed E-state index contributed by atoms with van der Waals surface area (Å²) in [5.74, 6) is -0.284. The molecule has 4 rings (SSSR count). The number of para-hydroxylation sites is 1. The number of fused-ring (bicyclic) bond motifs is 1. The van der Waals surface area contributed by atoms with Crippen LogP contribution < -0.4 is 9.21 Å². The molecule has 9 heteroatoms. The molecular weight excluding hydrogens is 418 g/mol.